The molecule has 15 heavy (non-hydrogen) atoms. The van der Waals surface area contributed by atoms with Crippen LogP contribution >= 0.6 is 11.8 Å². The van der Waals surface area contributed by atoms with E-state index in [-0.39, 0.29) is 11.9 Å². The maximum atomic E-state index is 11.5. The van der Waals surface area contributed by atoms with Crippen LogP contribution in [-0.4, -0.2) is 54.5 Å². The summed E-state index contributed by atoms with van der Waals surface area (Å²) in [4.78, 5) is 13.8. The first-order chi connectivity index (χ1) is 7.29. The van der Waals surface area contributed by atoms with Crippen LogP contribution in [0.1, 0.15) is 6.42 Å². The van der Waals surface area contributed by atoms with Gasteiger partial charge in [0.15, 0.2) is 0 Å². The van der Waals surface area contributed by atoms with Crippen molar-refractivity contribution in [3.8, 4) is 0 Å². The molecule has 2 atom stereocenters. The van der Waals surface area contributed by atoms with Gasteiger partial charge >= 0.3 is 0 Å². The van der Waals surface area contributed by atoms with Gasteiger partial charge in [0.25, 0.3) is 0 Å². The Morgan fingerprint density at radius 1 is 1.47 bits per heavy atom. The van der Waals surface area contributed by atoms with Gasteiger partial charge in [-0.25, -0.2) is 0 Å². The molecule has 2 fully saturated rings. The third-order valence-corrected chi connectivity index (χ3v) is 4.44. The summed E-state index contributed by atoms with van der Waals surface area (Å²) in [6, 6.07) is -0.0258. The monoisotopic (exact) mass is 229 g/mol. The minimum atomic E-state index is -0.135. The van der Waals surface area contributed by atoms with Crippen molar-refractivity contribution in [2.45, 2.75) is 12.5 Å². The standard InChI is InChI=1S/C10H19N3OS/c11-10(14)9(8-1-6-15-7-8)13-4-2-12-3-5-13/h8-9,12H,1-7H2,(H2,11,14). The maximum Gasteiger partial charge on any atom is 0.235 e. The molecular formula is C10H19N3OS. The van der Waals surface area contributed by atoms with E-state index < -0.39 is 0 Å². The van der Waals surface area contributed by atoms with Crippen molar-refractivity contribution < 1.29 is 4.79 Å². The topological polar surface area (TPSA) is 58.4 Å². The molecule has 5 heteroatoms. The molecule has 0 saturated carbocycles. The molecule has 1 amide bonds. The van der Waals surface area contributed by atoms with Crippen LogP contribution in [0.3, 0.4) is 0 Å². The number of nitrogens with zero attached hydrogens (tertiary/aromatic N) is 1. The van der Waals surface area contributed by atoms with Crippen LogP contribution in [-0.2, 0) is 4.79 Å². The smallest absolute Gasteiger partial charge is 0.235 e. The zero-order chi connectivity index (χ0) is 10.7. The number of hydrogen-bond donors (Lipinski definition) is 2. The summed E-state index contributed by atoms with van der Waals surface area (Å²) in [5.41, 5.74) is 5.54. The van der Waals surface area contributed by atoms with E-state index in [1.807, 2.05) is 11.8 Å². The number of nitrogens with one attached hydrogen (secondary N) is 1. The molecule has 4 nitrogen and oxygen atoms in total. The number of amides is 1. The summed E-state index contributed by atoms with van der Waals surface area (Å²) in [6.07, 6.45) is 1.14. The summed E-state index contributed by atoms with van der Waals surface area (Å²) in [5.74, 6) is 2.62. The van der Waals surface area contributed by atoms with Crippen LogP contribution in [0, 0.1) is 5.92 Å². The lowest BCUT2D eigenvalue weighted by molar-refractivity contribution is -0.125. The Balaban J connectivity index is 2.00. The Morgan fingerprint density at radius 2 is 2.20 bits per heavy atom. The van der Waals surface area contributed by atoms with E-state index in [4.69, 9.17) is 5.73 Å². The quantitative estimate of drug-likeness (QED) is 0.685. The highest BCUT2D eigenvalue weighted by atomic mass is 32.2. The lowest BCUT2D eigenvalue weighted by Crippen LogP contribution is -2.55. The van der Waals surface area contributed by atoms with Gasteiger partial charge in [-0.2, -0.15) is 11.8 Å². The summed E-state index contributed by atoms with van der Waals surface area (Å²) in [6.45, 7) is 3.86. The average Bonchev–Trinajstić information content (AvgIpc) is 2.72. The number of thioether (sulfide) groups is 1. The largest absolute Gasteiger partial charge is 0.368 e. The average molecular weight is 229 g/mol. The highest BCUT2D eigenvalue weighted by Crippen LogP contribution is 2.28. The van der Waals surface area contributed by atoms with Gasteiger partial charge in [-0.1, -0.05) is 0 Å². The van der Waals surface area contributed by atoms with Crippen molar-refractivity contribution in [3.63, 3.8) is 0 Å². The SMILES string of the molecule is NC(=O)C(C1CCSC1)N1CCNCC1. The fraction of sp³-hybridized carbons (Fsp3) is 0.900. The molecule has 0 aromatic heterocycles. The normalized spacial score (nSPS) is 30.3. The minimum absolute atomic E-state index is 0.0258. The molecule has 2 rings (SSSR count). The Hall–Kier alpha value is -0.260. The van der Waals surface area contributed by atoms with Gasteiger partial charge in [0.2, 0.25) is 5.91 Å². The Kier molecular flexibility index (Phi) is 3.88. The van der Waals surface area contributed by atoms with Crippen molar-refractivity contribution in [3.05, 3.63) is 0 Å². The molecule has 86 valence electrons. The van der Waals surface area contributed by atoms with E-state index in [1.165, 1.54) is 5.75 Å². The first-order valence-corrected chi connectivity index (χ1v) is 6.76. The van der Waals surface area contributed by atoms with Crippen molar-refractivity contribution in [2.75, 3.05) is 37.7 Å². The lowest BCUT2D eigenvalue weighted by Gasteiger charge is -2.35. The predicted octanol–water partition coefficient (Wildman–Crippen LogP) is -0.501. The van der Waals surface area contributed by atoms with Gasteiger partial charge in [0.05, 0.1) is 6.04 Å². The fourth-order valence-electron chi connectivity index (χ4n) is 2.47. The van der Waals surface area contributed by atoms with E-state index in [2.05, 4.69) is 10.2 Å². The van der Waals surface area contributed by atoms with Crippen molar-refractivity contribution in [1.82, 2.24) is 10.2 Å². The third-order valence-electron chi connectivity index (χ3n) is 3.25. The predicted molar refractivity (Wildman–Crippen MR) is 62.9 cm³/mol. The van der Waals surface area contributed by atoms with Crippen LogP contribution in [0.25, 0.3) is 0 Å². The molecule has 0 spiro atoms. The van der Waals surface area contributed by atoms with E-state index in [0.29, 0.717) is 5.92 Å². The summed E-state index contributed by atoms with van der Waals surface area (Å²) in [5, 5.41) is 3.30. The third kappa shape index (κ3) is 2.65. The van der Waals surface area contributed by atoms with Crippen LogP contribution in [0.2, 0.25) is 0 Å². The van der Waals surface area contributed by atoms with E-state index in [0.717, 1.165) is 38.4 Å². The highest BCUT2D eigenvalue weighted by Gasteiger charge is 2.34. The lowest BCUT2D eigenvalue weighted by atomic mass is 9.96. The molecule has 0 bridgehead atoms. The second-order valence-corrected chi connectivity index (χ2v) is 5.41. The number of primary amides is 1. The number of rotatable bonds is 3. The molecule has 0 aromatic rings. The van der Waals surface area contributed by atoms with Crippen molar-refractivity contribution in [2.24, 2.45) is 11.7 Å². The van der Waals surface area contributed by atoms with Gasteiger partial charge < -0.3 is 11.1 Å². The summed E-state index contributed by atoms with van der Waals surface area (Å²) < 4.78 is 0. The molecule has 0 aromatic carbocycles. The van der Waals surface area contributed by atoms with E-state index in [9.17, 15) is 4.79 Å². The minimum Gasteiger partial charge on any atom is -0.368 e. The molecular weight excluding hydrogens is 210 g/mol. The van der Waals surface area contributed by atoms with Gasteiger partial charge in [0.1, 0.15) is 0 Å². The number of hydrogen-bond acceptors (Lipinski definition) is 4. The van der Waals surface area contributed by atoms with Crippen LogP contribution in [0.15, 0.2) is 0 Å². The summed E-state index contributed by atoms with van der Waals surface area (Å²) >= 11 is 1.94. The first kappa shape index (κ1) is 11.2. The maximum absolute atomic E-state index is 11.5. The molecule has 2 saturated heterocycles. The zero-order valence-electron chi connectivity index (χ0n) is 8.95. The van der Waals surface area contributed by atoms with E-state index in [1.54, 1.807) is 0 Å². The van der Waals surface area contributed by atoms with Crippen LogP contribution in [0.4, 0.5) is 0 Å². The van der Waals surface area contributed by atoms with Crippen molar-refractivity contribution >= 4 is 17.7 Å². The Morgan fingerprint density at radius 3 is 2.73 bits per heavy atom. The molecule has 3 N–H and O–H groups in total. The molecule has 0 aliphatic carbocycles. The Bertz CT molecular complexity index is 225. The van der Waals surface area contributed by atoms with Gasteiger partial charge in [-0.3, -0.25) is 9.69 Å². The van der Waals surface area contributed by atoms with Crippen LogP contribution < -0.4 is 11.1 Å². The molecule has 2 heterocycles. The van der Waals surface area contributed by atoms with Crippen LogP contribution in [0.5, 0.6) is 0 Å². The molecule has 2 aliphatic rings. The van der Waals surface area contributed by atoms with Gasteiger partial charge in [-0.05, 0) is 23.8 Å². The molecule has 0 radical (unpaired) electrons. The number of carbonyl (C=O) groups excluding carboxylic acids is 1. The Labute approximate surface area is 94.9 Å². The highest BCUT2D eigenvalue weighted by molar-refractivity contribution is 7.99. The van der Waals surface area contributed by atoms with Crippen molar-refractivity contribution in [1.29, 1.82) is 0 Å². The van der Waals surface area contributed by atoms with E-state index >= 15 is 0 Å². The number of nitrogens with two attached hydrogens (primary N) is 1. The molecule has 2 aliphatic heterocycles. The fourth-order valence-corrected chi connectivity index (χ4v) is 3.76. The zero-order valence-corrected chi connectivity index (χ0v) is 9.76. The number of carbonyl (C=O) groups is 1. The first-order valence-electron chi connectivity index (χ1n) is 5.61. The second-order valence-electron chi connectivity index (χ2n) is 4.26. The second kappa shape index (κ2) is 5.18. The van der Waals surface area contributed by atoms with Gasteiger partial charge in [0, 0.05) is 26.2 Å². The number of piperazine rings is 1. The summed E-state index contributed by atoms with van der Waals surface area (Å²) in [7, 11) is 0. The van der Waals surface area contributed by atoms with Gasteiger partial charge in [-0.15, -0.1) is 0 Å². The molecule has 2 unspecified atom stereocenters.